The molecule has 0 bridgehead atoms. The van der Waals surface area contributed by atoms with E-state index in [0.29, 0.717) is 11.4 Å². The summed E-state index contributed by atoms with van der Waals surface area (Å²) in [7, 11) is 1.59. The predicted octanol–water partition coefficient (Wildman–Crippen LogP) is 3.06. The molecule has 1 aliphatic heterocycles. The maximum atomic E-state index is 12.7. The van der Waals surface area contributed by atoms with Gasteiger partial charge in [-0.1, -0.05) is 23.8 Å². The van der Waals surface area contributed by atoms with Gasteiger partial charge in [0.2, 0.25) is 5.91 Å². The first-order valence-electron chi connectivity index (χ1n) is 7.84. The van der Waals surface area contributed by atoms with Gasteiger partial charge in [0.15, 0.2) is 0 Å². The van der Waals surface area contributed by atoms with E-state index >= 15 is 0 Å². The summed E-state index contributed by atoms with van der Waals surface area (Å²) in [6.07, 6.45) is 0.142. The number of carbonyl (C=O) groups is 2. The number of carbonyl (C=O) groups excluding carboxylic acids is 2. The SMILES string of the molecule is COc1cccc(NC2CC(=O)N(c3ccc(C)cc3C)C2=O)c1. The number of nitrogens with one attached hydrogen (secondary N) is 1. The van der Waals surface area contributed by atoms with Gasteiger partial charge >= 0.3 is 0 Å². The molecular weight excluding hydrogens is 304 g/mol. The van der Waals surface area contributed by atoms with Crippen molar-refractivity contribution in [2.24, 2.45) is 0 Å². The van der Waals surface area contributed by atoms with Crippen molar-refractivity contribution in [3.05, 3.63) is 53.6 Å². The first-order chi connectivity index (χ1) is 11.5. The standard InChI is InChI=1S/C19H20N2O3/c1-12-7-8-17(13(2)9-12)21-18(22)11-16(19(21)23)20-14-5-4-6-15(10-14)24-3/h4-10,16,20H,11H2,1-3H3. The number of aryl methyl sites for hydroxylation is 2. The van der Waals surface area contributed by atoms with Crippen LogP contribution < -0.4 is 15.0 Å². The Hall–Kier alpha value is -2.82. The van der Waals surface area contributed by atoms with Crippen molar-refractivity contribution in [3.63, 3.8) is 0 Å². The molecule has 0 spiro atoms. The molecule has 0 aromatic heterocycles. The van der Waals surface area contributed by atoms with Crippen LogP contribution in [-0.4, -0.2) is 25.0 Å². The number of methoxy groups -OCH3 is 1. The number of imide groups is 1. The van der Waals surface area contributed by atoms with Crippen LogP contribution in [0.1, 0.15) is 17.5 Å². The third-order valence-corrected chi connectivity index (χ3v) is 4.15. The molecule has 5 heteroatoms. The molecule has 1 heterocycles. The van der Waals surface area contributed by atoms with Crippen LogP contribution in [0.4, 0.5) is 11.4 Å². The second kappa shape index (κ2) is 6.35. The number of anilines is 2. The normalized spacial score (nSPS) is 17.3. The fourth-order valence-corrected chi connectivity index (χ4v) is 2.97. The minimum atomic E-state index is -0.565. The Morgan fingerprint density at radius 2 is 1.92 bits per heavy atom. The summed E-state index contributed by atoms with van der Waals surface area (Å²) >= 11 is 0. The first kappa shape index (κ1) is 16.1. The number of ether oxygens (including phenoxy) is 1. The predicted molar refractivity (Wildman–Crippen MR) is 93.4 cm³/mol. The highest BCUT2D eigenvalue weighted by molar-refractivity contribution is 6.23. The second-order valence-corrected chi connectivity index (χ2v) is 5.99. The number of nitrogens with zero attached hydrogens (tertiary/aromatic N) is 1. The van der Waals surface area contributed by atoms with Crippen molar-refractivity contribution in [2.45, 2.75) is 26.3 Å². The highest BCUT2D eigenvalue weighted by Gasteiger charge is 2.40. The van der Waals surface area contributed by atoms with Crippen LogP contribution in [0.25, 0.3) is 0 Å². The Bertz CT molecular complexity index is 801. The Balaban J connectivity index is 1.83. The van der Waals surface area contributed by atoms with Gasteiger partial charge in [-0.3, -0.25) is 9.59 Å². The van der Waals surface area contributed by atoms with Crippen LogP contribution in [-0.2, 0) is 9.59 Å². The van der Waals surface area contributed by atoms with E-state index in [4.69, 9.17) is 4.74 Å². The summed E-state index contributed by atoms with van der Waals surface area (Å²) in [5.74, 6) is 0.283. The molecule has 1 N–H and O–H groups in total. The van der Waals surface area contributed by atoms with Crippen LogP contribution >= 0.6 is 0 Å². The third kappa shape index (κ3) is 2.97. The van der Waals surface area contributed by atoms with Crippen LogP contribution in [0.3, 0.4) is 0 Å². The maximum absolute atomic E-state index is 12.7. The molecule has 2 aromatic carbocycles. The molecule has 24 heavy (non-hydrogen) atoms. The molecule has 3 rings (SSSR count). The van der Waals surface area contributed by atoms with Gasteiger partial charge in [0.25, 0.3) is 5.91 Å². The zero-order valence-electron chi connectivity index (χ0n) is 14.0. The lowest BCUT2D eigenvalue weighted by Gasteiger charge is -2.18. The fraction of sp³-hybridized carbons (Fsp3) is 0.263. The van der Waals surface area contributed by atoms with Crippen LogP contribution in [0, 0.1) is 13.8 Å². The van der Waals surface area contributed by atoms with Crippen molar-refractivity contribution in [1.29, 1.82) is 0 Å². The summed E-state index contributed by atoms with van der Waals surface area (Å²) in [6, 6.07) is 12.5. The molecule has 0 radical (unpaired) electrons. The number of rotatable bonds is 4. The van der Waals surface area contributed by atoms with Gasteiger partial charge in [0, 0.05) is 11.8 Å². The van der Waals surface area contributed by atoms with Crippen molar-refractivity contribution in [3.8, 4) is 5.75 Å². The molecule has 1 unspecified atom stereocenters. The van der Waals surface area contributed by atoms with Crippen molar-refractivity contribution in [2.75, 3.05) is 17.3 Å². The molecule has 1 fully saturated rings. The lowest BCUT2D eigenvalue weighted by atomic mass is 10.1. The minimum Gasteiger partial charge on any atom is -0.497 e. The number of hydrogen-bond acceptors (Lipinski definition) is 4. The van der Waals surface area contributed by atoms with Gasteiger partial charge in [-0.2, -0.15) is 0 Å². The van der Waals surface area contributed by atoms with Gasteiger partial charge in [0.1, 0.15) is 11.8 Å². The van der Waals surface area contributed by atoms with Crippen LogP contribution in [0.15, 0.2) is 42.5 Å². The summed E-state index contributed by atoms with van der Waals surface area (Å²) in [5.41, 5.74) is 3.42. The number of hydrogen-bond donors (Lipinski definition) is 1. The molecule has 2 aromatic rings. The van der Waals surface area contributed by atoms with E-state index in [1.165, 1.54) is 4.90 Å². The highest BCUT2D eigenvalue weighted by atomic mass is 16.5. The zero-order valence-corrected chi connectivity index (χ0v) is 14.0. The molecule has 0 aliphatic carbocycles. The Kier molecular flexibility index (Phi) is 4.25. The van der Waals surface area contributed by atoms with Gasteiger partial charge in [-0.15, -0.1) is 0 Å². The van der Waals surface area contributed by atoms with Crippen molar-refractivity contribution in [1.82, 2.24) is 0 Å². The van der Waals surface area contributed by atoms with E-state index in [0.717, 1.165) is 16.8 Å². The van der Waals surface area contributed by atoms with E-state index in [9.17, 15) is 9.59 Å². The highest BCUT2D eigenvalue weighted by Crippen LogP contribution is 2.28. The van der Waals surface area contributed by atoms with Crippen LogP contribution in [0.2, 0.25) is 0 Å². The molecule has 2 amide bonds. The van der Waals surface area contributed by atoms with Gasteiger partial charge in [-0.05, 0) is 37.6 Å². The summed E-state index contributed by atoms with van der Waals surface area (Å²) in [5, 5.41) is 3.13. The average molecular weight is 324 g/mol. The lowest BCUT2D eigenvalue weighted by Crippen LogP contribution is -2.35. The van der Waals surface area contributed by atoms with Gasteiger partial charge in [-0.25, -0.2) is 4.90 Å². The van der Waals surface area contributed by atoms with Crippen LogP contribution in [0.5, 0.6) is 5.75 Å². The van der Waals surface area contributed by atoms with Gasteiger partial charge < -0.3 is 10.1 Å². The summed E-state index contributed by atoms with van der Waals surface area (Å²) in [6.45, 7) is 3.89. The first-order valence-corrected chi connectivity index (χ1v) is 7.84. The maximum Gasteiger partial charge on any atom is 0.256 e. The summed E-state index contributed by atoms with van der Waals surface area (Å²) in [4.78, 5) is 26.4. The van der Waals surface area contributed by atoms with E-state index in [1.54, 1.807) is 13.2 Å². The fourth-order valence-electron chi connectivity index (χ4n) is 2.97. The molecule has 124 valence electrons. The monoisotopic (exact) mass is 324 g/mol. The molecule has 1 aliphatic rings. The van der Waals surface area contributed by atoms with Crippen molar-refractivity contribution < 1.29 is 14.3 Å². The largest absolute Gasteiger partial charge is 0.497 e. The van der Waals surface area contributed by atoms with Gasteiger partial charge in [0.05, 0.1) is 19.2 Å². The zero-order chi connectivity index (χ0) is 17.3. The quantitative estimate of drug-likeness (QED) is 0.878. The van der Waals surface area contributed by atoms with E-state index in [1.807, 2.05) is 50.2 Å². The summed E-state index contributed by atoms with van der Waals surface area (Å²) < 4.78 is 5.18. The second-order valence-electron chi connectivity index (χ2n) is 5.99. The average Bonchev–Trinajstić information content (AvgIpc) is 2.82. The molecular formula is C19H20N2O3. The number of benzene rings is 2. The Morgan fingerprint density at radius 3 is 2.62 bits per heavy atom. The minimum absolute atomic E-state index is 0.142. The van der Waals surface area contributed by atoms with E-state index in [-0.39, 0.29) is 18.2 Å². The Labute approximate surface area is 141 Å². The third-order valence-electron chi connectivity index (χ3n) is 4.15. The molecule has 1 saturated heterocycles. The van der Waals surface area contributed by atoms with E-state index in [2.05, 4.69) is 5.32 Å². The smallest absolute Gasteiger partial charge is 0.256 e. The molecule has 5 nitrogen and oxygen atoms in total. The Morgan fingerprint density at radius 1 is 1.12 bits per heavy atom. The number of amides is 2. The molecule has 1 atom stereocenters. The topological polar surface area (TPSA) is 58.6 Å². The molecule has 0 saturated carbocycles. The lowest BCUT2D eigenvalue weighted by molar-refractivity contribution is -0.121. The van der Waals surface area contributed by atoms with Crippen molar-refractivity contribution >= 4 is 23.2 Å². The van der Waals surface area contributed by atoms with E-state index < -0.39 is 6.04 Å².